The molecular formula is C23H26N10O. The summed E-state index contributed by atoms with van der Waals surface area (Å²) in [5.41, 5.74) is 2.28. The van der Waals surface area contributed by atoms with Crippen LogP contribution < -0.4 is 5.69 Å². The van der Waals surface area contributed by atoms with Crippen LogP contribution in [0.15, 0.2) is 58.9 Å². The van der Waals surface area contributed by atoms with Gasteiger partial charge < -0.3 is 0 Å². The zero-order valence-electron chi connectivity index (χ0n) is 19.2. The normalized spacial score (nSPS) is 17.5. The Morgan fingerprint density at radius 1 is 1.24 bits per heavy atom. The molecule has 174 valence electrons. The summed E-state index contributed by atoms with van der Waals surface area (Å²) in [6.07, 6.45) is 11.5. The fourth-order valence-electron chi connectivity index (χ4n) is 4.45. The van der Waals surface area contributed by atoms with Gasteiger partial charge in [-0.1, -0.05) is 37.6 Å². The number of allylic oxidation sites excluding steroid dienone is 1. The molecule has 1 N–H and O–H groups in total. The van der Waals surface area contributed by atoms with Crippen molar-refractivity contribution in [2.24, 2.45) is 4.99 Å². The molecule has 4 heterocycles. The van der Waals surface area contributed by atoms with Crippen molar-refractivity contribution >= 4 is 6.21 Å². The van der Waals surface area contributed by atoms with E-state index in [9.17, 15) is 4.79 Å². The van der Waals surface area contributed by atoms with Gasteiger partial charge in [0.15, 0.2) is 0 Å². The summed E-state index contributed by atoms with van der Waals surface area (Å²) in [5, 5.41) is 18.6. The van der Waals surface area contributed by atoms with Gasteiger partial charge in [0.05, 0.1) is 0 Å². The maximum absolute atomic E-state index is 13.7. The molecule has 1 atom stereocenters. The van der Waals surface area contributed by atoms with Crippen molar-refractivity contribution in [2.45, 2.75) is 51.6 Å². The second kappa shape index (κ2) is 9.00. The minimum atomic E-state index is -0.460. The number of aliphatic imine (C=N–C) groups is 1. The lowest BCUT2D eigenvalue weighted by Gasteiger charge is -2.32. The standard InChI is InChI=1S/C23H26N10O/c1-3-6-19-14-31(21-25-16-26-33(21)4-2)22(34)32(19)15-23(9-11-24-12-10-23)18-8-5-7-17(13-18)20-27-29-30-28-20/h5,7-9,11-14,16H,3-4,6,10,15H2,1-2H3,(H,27,28,29,30). The van der Waals surface area contributed by atoms with Crippen molar-refractivity contribution in [3.8, 4) is 17.3 Å². The molecule has 0 bridgehead atoms. The van der Waals surface area contributed by atoms with E-state index in [2.05, 4.69) is 60.8 Å². The molecule has 0 saturated heterocycles. The van der Waals surface area contributed by atoms with E-state index in [1.54, 1.807) is 15.4 Å². The van der Waals surface area contributed by atoms with Crippen molar-refractivity contribution in [2.75, 3.05) is 0 Å². The highest BCUT2D eigenvalue weighted by atomic mass is 16.2. The quantitative estimate of drug-likeness (QED) is 0.432. The van der Waals surface area contributed by atoms with Crippen molar-refractivity contribution in [3.63, 3.8) is 0 Å². The molecule has 1 aliphatic heterocycles. The van der Waals surface area contributed by atoms with Gasteiger partial charge in [0.1, 0.15) is 6.33 Å². The Kier molecular flexibility index (Phi) is 5.74. The van der Waals surface area contributed by atoms with E-state index in [1.165, 1.54) is 6.33 Å². The highest BCUT2D eigenvalue weighted by Crippen LogP contribution is 2.35. The Bertz CT molecular complexity index is 1390. The molecule has 5 rings (SSSR count). The number of aromatic amines is 1. The largest absolute Gasteiger partial charge is 0.335 e. The van der Waals surface area contributed by atoms with Crippen LogP contribution in [0.25, 0.3) is 17.3 Å². The van der Waals surface area contributed by atoms with Crippen LogP contribution in [-0.4, -0.2) is 50.7 Å². The predicted molar refractivity (Wildman–Crippen MR) is 127 cm³/mol. The minimum Gasteiger partial charge on any atom is -0.295 e. The lowest BCUT2D eigenvalue weighted by molar-refractivity contribution is 0.438. The maximum Gasteiger partial charge on any atom is 0.335 e. The maximum atomic E-state index is 13.7. The van der Waals surface area contributed by atoms with Crippen LogP contribution in [-0.2, 0) is 24.9 Å². The van der Waals surface area contributed by atoms with Gasteiger partial charge in [-0.05, 0) is 36.6 Å². The Morgan fingerprint density at radius 2 is 2.15 bits per heavy atom. The van der Waals surface area contributed by atoms with Crippen LogP contribution in [0.2, 0.25) is 0 Å². The number of imidazole rings is 1. The fraction of sp³-hybridized carbons (Fsp3) is 0.348. The molecule has 11 heteroatoms. The second-order valence-corrected chi connectivity index (χ2v) is 8.31. The van der Waals surface area contributed by atoms with Gasteiger partial charge >= 0.3 is 5.69 Å². The third-order valence-corrected chi connectivity index (χ3v) is 6.20. The number of aryl methyl sites for hydroxylation is 2. The van der Waals surface area contributed by atoms with E-state index in [0.717, 1.165) is 29.7 Å². The summed E-state index contributed by atoms with van der Waals surface area (Å²) >= 11 is 0. The van der Waals surface area contributed by atoms with E-state index in [4.69, 9.17) is 0 Å². The molecule has 11 nitrogen and oxygen atoms in total. The Morgan fingerprint density at radius 3 is 2.88 bits per heavy atom. The number of H-pyrrole nitrogens is 1. The highest BCUT2D eigenvalue weighted by molar-refractivity contribution is 5.65. The number of benzene rings is 1. The summed E-state index contributed by atoms with van der Waals surface area (Å²) in [7, 11) is 0. The van der Waals surface area contributed by atoms with Gasteiger partial charge in [-0.3, -0.25) is 9.56 Å². The lowest BCUT2D eigenvalue weighted by Crippen LogP contribution is -2.37. The lowest BCUT2D eigenvalue weighted by atomic mass is 9.76. The van der Waals surface area contributed by atoms with Gasteiger partial charge in [-0.15, -0.1) is 10.2 Å². The third-order valence-electron chi connectivity index (χ3n) is 6.20. The van der Waals surface area contributed by atoms with E-state index < -0.39 is 5.41 Å². The predicted octanol–water partition coefficient (Wildman–Crippen LogP) is 2.31. The second-order valence-electron chi connectivity index (χ2n) is 8.31. The van der Waals surface area contributed by atoms with Crippen molar-refractivity contribution in [1.29, 1.82) is 0 Å². The number of nitrogens with zero attached hydrogens (tertiary/aromatic N) is 9. The Labute approximate surface area is 195 Å². The van der Waals surface area contributed by atoms with Crippen LogP contribution in [0, 0.1) is 0 Å². The number of hydrogen-bond donors (Lipinski definition) is 1. The molecule has 0 saturated carbocycles. The van der Waals surface area contributed by atoms with Crippen molar-refractivity contribution in [1.82, 2.24) is 44.5 Å². The average Bonchev–Trinajstić information content (AvgIpc) is 3.62. The number of rotatable bonds is 8. The monoisotopic (exact) mass is 458 g/mol. The molecule has 4 aromatic rings. The van der Waals surface area contributed by atoms with E-state index in [0.29, 0.717) is 31.3 Å². The first kappa shape index (κ1) is 21.7. The molecule has 3 aromatic heterocycles. The molecule has 1 aromatic carbocycles. The Hall–Kier alpha value is -4.15. The van der Waals surface area contributed by atoms with Crippen molar-refractivity contribution < 1.29 is 0 Å². The molecule has 0 spiro atoms. The topological polar surface area (TPSA) is 124 Å². The van der Waals surface area contributed by atoms with E-state index in [1.807, 2.05) is 36.0 Å². The Balaban J connectivity index is 1.61. The number of hydrogen-bond acceptors (Lipinski definition) is 7. The van der Waals surface area contributed by atoms with Gasteiger partial charge in [-0.2, -0.15) is 15.3 Å². The van der Waals surface area contributed by atoms with Crippen LogP contribution in [0.3, 0.4) is 0 Å². The summed E-state index contributed by atoms with van der Waals surface area (Å²) in [5.74, 6) is 1.05. The van der Waals surface area contributed by atoms with Crippen molar-refractivity contribution in [3.05, 3.63) is 70.8 Å². The van der Waals surface area contributed by atoms with Gasteiger partial charge in [0.25, 0.3) is 0 Å². The van der Waals surface area contributed by atoms with Gasteiger partial charge in [0.2, 0.25) is 11.8 Å². The molecule has 1 unspecified atom stereocenters. The van der Waals surface area contributed by atoms with E-state index >= 15 is 0 Å². The molecule has 34 heavy (non-hydrogen) atoms. The highest BCUT2D eigenvalue weighted by Gasteiger charge is 2.33. The summed E-state index contributed by atoms with van der Waals surface area (Å²) in [6.45, 7) is 5.18. The van der Waals surface area contributed by atoms with Gasteiger partial charge in [-0.25, -0.2) is 14.0 Å². The van der Waals surface area contributed by atoms with Gasteiger partial charge in [0, 0.05) is 48.4 Å². The minimum absolute atomic E-state index is 0.129. The van der Waals surface area contributed by atoms with Crippen LogP contribution >= 0.6 is 0 Å². The van der Waals surface area contributed by atoms with Crippen LogP contribution in [0.4, 0.5) is 0 Å². The average molecular weight is 459 g/mol. The molecule has 0 fully saturated rings. The zero-order chi connectivity index (χ0) is 23.5. The molecule has 1 aliphatic rings. The smallest absolute Gasteiger partial charge is 0.295 e. The first-order valence-electron chi connectivity index (χ1n) is 11.4. The summed E-state index contributed by atoms with van der Waals surface area (Å²) < 4.78 is 5.19. The summed E-state index contributed by atoms with van der Waals surface area (Å²) in [6, 6.07) is 8.06. The third kappa shape index (κ3) is 3.78. The summed E-state index contributed by atoms with van der Waals surface area (Å²) in [4.78, 5) is 22.3. The molecular weight excluding hydrogens is 432 g/mol. The fourth-order valence-corrected chi connectivity index (χ4v) is 4.45. The molecule has 0 amide bonds. The van der Waals surface area contributed by atoms with E-state index in [-0.39, 0.29) is 5.69 Å². The SMILES string of the molecule is CCCc1cn(-c2ncnn2CC)c(=O)n1CC1(c2cccc(-c3nn[nH]n3)c2)C=CN=CC1. The zero-order valence-corrected chi connectivity index (χ0v) is 19.2. The molecule has 0 aliphatic carbocycles. The number of tetrazole rings is 1. The van der Waals surface area contributed by atoms with Crippen LogP contribution in [0.1, 0.15) is 37.9 Å². The first-order valence-corrected chi connectivity index (χ1v) is 11.4. The first-order chi connectivity index (χ1) is 16.6. The van der Waals surface area contributed by atoms with Crippen LogP contribution in [0.5, 0.6) is 0 Å². The molecule has 0 radical (unpaired) electrons. The number of aromatic nitrogens is 9. The number of nitrogens with one attached hydrogen (secondary N) is 1.